The van der Waals surface area contributed by atoms with Crippen LogP contribution in [0.5, 0.6) is 0 Å². The monoisotopic (exact) mass is 392 g/mol. The van der Waals surface area contributed by atoms with Crippen LogP contribution in [0.1, 0.15) is 0 Å². The first-order valence-corrected chi connectivity index (χ1v) is 7.99. The summed E-state index contributed by atoms with van der Waals surface area (Å²) in [5.41, 5.74) is 6.54. The predicted molar refractivity (Wildman–Crippen MR) is 96.0 cm³/mol. The molecule has 0 saturated heterocycles. The highest BCUT2D eigenvalue weighted by molar-refractivity contribution is 6.33. The van der Waals surface area contributed by atoms with Crippen LogP contribution in [-0.4, -0.2) is 22.3 Å². The third-order valence-electron chi connectivity index (χ3n) is 3.70. The van der Waals surface area contributed by atoms with Gasteiger partial charge in [0.15, 0.2) is 5.82 Å². The summed E-state index contributed by atoms with van der Waals surface area (Å²) in [6.45, 7) is 0. The van der Waals surface area contributed by atoms with Crippen LogP contribution in [-0.2, 0) is 0 Å². The van der Waals surface area contributed by atoms with Gasteiger partial charge in [-0.15, -0.1) is 13.2 Å². The summed E-state index contributed by atoms with van der Waals surface area (Å²) < 4.78 is 38.6. The minimum absolute atomic E-state index is 0.205. The fourth-order valence-electron chi connectivity index (χ4n) is 2.48. The SMILES string of the molecule is NC(=O)N(c1cnc(-c2ccc(-c3ccccc3Cl)cc2)nc1)C(F)(F)F. The van der Waals surface area contributed by atoms with E-state index in [1.807, 2.05) is 18.2 Å². The lowest BCUT2D eigenvalue weighted by Crippen LogP contribution is -2.46. The van der Waals surface area contributed by atoms with Crippen molar-refractivity contribution < 1.29 is 18.0 Å². The number of urea groups is 1. The van der Waals surface area contributed by atoms with Gasteiger partial charge in [0, 0.05) is 16.1 Å². The molecule has 3 aromatic rings. The number of carbonyl (C=O) groups excluding carboxylic acids is 1. The molecule has 9 heteroatoms. The third-order valence-corrected chi connectivity index (χ3v) is 4.03. The Morgan fingerprint density at radius 1 is 0.963 bits per heavy atom. The highest BCUT2D eigenvalue weighted by Gasteiger charge is 2.41. The van der Waals surface area contributed by atoms with Gasteiger partial charge in [0.1, 0.15) is 0 Å². The predicted octanol–water partition coefficient (Wildman–Crippen LogP) is 4.87. The van der Waals surface area contributed by atoms with E-state index >= 15 is 0 Å². The minimum atomic E-state index is -4.96. The normalized spacial score (nSPS) is 11.3. The van der Waals surface area contributed by atoms with E-state index in [4.69, 9.17) is 17.3 Å². The van der Waals surface area contributed by atoms with Gasteiger partial charge in [-0.1, -0.05) is 54.1 Å². The number of anilines is 1. The van der Waals surface area contributed by atoms with Gasteiger partial charge < -0.3 is 5.73 Å². The van der Waals surface area contributed by atoms with Crippen LogP contribution in [0.4, 0.5) is 23.7 Å². The maximum atomic E-state index is 12.9. The summed E-state index contributed by atoms with van der Waals surface area (Å²) in [5.74, 6) is 0.205. The Morgan fingerprint density at radius 2 is 1.52 bits per heavy atom. The number of benzene rings is 2. The zero-order chi connectivity index (χ0) is 19.6. The van der Waals surface area contributed by atoms with Crippen molar-refractivity contribution in [2.75, 3.05) is 4.90 Å². The first kappa shape index (κ1) is 18.7. The summed E-state index contributed by atoms with van der Waals surface area (Å²) in [6, 6.07) is 12.7. The minimum Gasteiger partial charge on any atom is -0.351 e. The van der Waals surface area contributed by atoms with Crippen molar-refractivity contribution in [1.29, 1.82) is 0 Å². The lowest BCUT2D eigenvalue weighted by Gasteiger charge is -2.22. The molecule has 0 bridgehead atoms. The molecule has 0 atom stereocenters. The van der Waals surface area contributed by atoms with E-state index in [0.717, 1.165) is 23.5 Å². The third kappa shape index (κ3) is 4.01. The van der Waals surface area contributed by atoms with Gasteiger partial charge >= 0.3 is 12.3 Å². The Kier molecular flexibility index (Phi) is 5.00. The van der Waals surface area contributed by atoms with Gasteiger partial charge in [-0.2, -0.15) is 0 Å². The van der Waals surface area contributed by atoms with Gasteiger partial charge in [-0.3, -0.25) is 0 Å². The molecule has 0 radical (unpaired) electrons. The molecular weight excluding hydrogens is 381 g/mol. The van der Waals surface area contributed by atoms with Crippen molar-refractivity contribution in [2.45, 2.75) is 6.30 Å². The second kappa shape index (κ2) is 7.24. The number of amides is 2. The number of primary amides is 1. The number of halogens is 4. The molecule has 27 heavy (non-hydrogen) atoms. The molecule has 138 valence electrons. The van der Waals surface area contributed by atoms with Crippen LogP contribution in [0.2, 0.25) is 5.02 Å². The molecule has 0 unspecified atom stereocenters. The molecule has 0 aliphatic rings. The Labute approximate surface area is 157 Å². The maximum Gasteiger partial charge on any atom is 0.493 e. The Hall–Kier alpha value is -3.13. The molecule has 2 amide bonds. The van der Waals surface area contributed by atoms with Crippen LogP contribution in [0.15, 0.2) is 60.9 Å². The number of carbonyl (C=O) groups is 1. The Balaban J connectivity index is 1.88. The van der Waals surface area contributed by atoms with E-state index in [9.17, 15) is 18.0 Å². The molecule has 0 aliphatic heterocycles. The highest BCUT2D eigenvalue weighted by atomic mass is 35.5. The van der Waals surface area contributed by atoms with E-state index in [0.29, 0.717) is 10.6 Å². The lowest BCUT2D eigenvalue weighted by atomic mass is 10.0. The summed E-state index contributed by atoms with van der Waals surface area (Å²) in [5, 5.41) is 0.601. The van der Waals surface area contributed by atoms with Gasteiger partial charge in [0.2, 0.25) is 0 Å². The van der Waals surface area contributed by atoms with Crippen LogP contribution in [0.25, 0.3) is 22.5 Å². The van der Waals surface area contributed by atoms with E-state index < -0.39 is 22.9 Å². The van der Waals surface area contributed by atoms with E-state index in [1.54, 1.807) is 30.3 Å². The molecular formula is C18H12ClF3N4O. The molecule has 1 aromatic heterocycles. The van der Waals surface area contributed by atoms with E-state index in [2.05, 4.69) is 9.97 Å². The number of rotatable bonds is 3. The number of nitrogens with two attached hydrogens (primary N) is 1. The van der Waals surface area contributed by atoms with Crippen molar-refractivity contribution in [3.8, 4) is 22.5 Å². The van der Waals surface area contributed by atoms with Gasteiger partial charge in [-0.05, 0) is 11.6 Å². The average molecular weight is 393 g/mol. The van der Waals surface area contributed by atoms with Gasteiger partial charge in [0.25, 0.3) is 0 Å². The largest absolute Gasteiger partial charge is 0.493 e. The Bertz CT molecular complexity index is 960. The molecule has 1 heterocycles. The van der Waals surface area contributed by atoms with Crippen molar-refractivity contribution in [1.82, 2.24) is 9.97 Å². The average Bonchev–Trinajstić information content (AvgIpc) is 2.61. The van der Waals surface area contributed by atoms with Crippen molar-refractivity contribution in [3.63, 3.8) is 0 Å². The summed E-state index contributed by atoms with van der Waals surface area (Å²) >= 11 is 6.17. The fourth-order valence-corrected chi connectivity index (χ4v) is 2.72. The smallest absolute Gasteiger partial charge is 0.351 e. The van der Waals surface area contributed by atoms with Crippen LogP contribution < -0.4 is 10.6 Å². The zero-order valence-electron chi connectivity index (χ0n) is 13.6. The molecule has 2 N–H and O–H groups in total. The second-order valence-electron chi connectivity index (χ2n) is 5.46. The highest BCUT2D eigenvalue weighted by Crippen LogP contribution is 2.30. The van der Waals surface area contributed by atoms with E-state index in [-0.39, 0.29) is 5.82 Å². The fraction of sp³-hybridized carbons (Fsp3) is 0.0556. The van der Waals surface area contributed by atoms with Crippen LogP contribution in [0.3, 0.4) is 0 Å². The molecule has 0 spiro atoms. The number of alkyl halides is 3. The first-order chi connectivity index (χ1) is 12.8. The van der Waals surface area contributed by atoms with Crippen LogP contribution in [0, 0.1) is 0 Å². The van der Waals surface area contributed by atoms with E-state index in [1.165, 1.54) is 0 Å². The topological polar surface area (TPSA) is 72.1 Å². The van der Waals surface area contributed by atoms with Crippen molar-refractivity contribution >= 4 is 23.3 Å². The Morgan fingerprint density at radius 3 is 2.04 bits per heavy atom. The molecule has 3 rings (SSSR count). The maximum absolute atomic E-state index is 12.9. The second-order valence-corrected chi connectivity index (χ2v) is 5.87. The molecule has 0 aliphatic carbocycles. The summed E-state index contributed by atoms with van der Waals surface area (Å²) in [7, 11) is 0. The molecule has 0 saturated carbocycles. The van der Waals surface area contributed by atoms with Crippen LogP contribution >= 0.6 is 11.6 Å². The first-order valence-electron chi connectivity index (χ1n) is 7.61. The number of aromatic nitrogens is 2. The standard InChI is InChI=1S/C18H12ClF3N4O/c19-15-4-2-1-3-14(15)11-5-7-12(8-6-11)16-24-9-13(10-25-16)26(17(23)27)18(20,21)22/h1-10H,(H2,23,27). The van der Waals surface area contributed by atoms with Crippen molar-refractivity contribution in [2.24, 2.45) is 5.73 Å². The quantitative estimate of drug-likeness (QED) is 0.646. The number of hydrogen-bond donors (Lipinski definition) is 1. The molecule has 0 fully saturated rings. The number of nitrogens with zero attached hydrogens (tertiary/aromatic N) is 3. The zero-order valence-corrected chi connectivity index (χ0v) is 14.4. The van der Waals surface area contributed by atoms with Crippen molar-refractivity contribution in [3.05, 3.63) is 65.9 Å². The summed E-state index contributed by atoms with van der Waals surface area (Å²) in [4.78, 5) is 18.3. The van der Waals surface area contributed by atoms with Gasteiger partial charge in [0.05, 0.1) is 18.1 Å². The summed E-state index contributed by atoms with van der Waals surface area (Å²) in [6.07, 6.45) is -3.18. The molecule has 5 nitrogen and oxygen atoms in total. The lowest BCUT2D eigenvalue weighted by molar-refractivity contribution is -0.121. The number of hydrogen-bond acceptors (Lipinski definition) is 3. The van der Waals surface area contributed by atoms with Gasteiger partial charge in [-0.25, -0.2) is 19.7 Å². The molecule has 2 aromatic carbocycles.